The fraction of sp³-hybridized carbons (Fsp3) is 0. The van der Waals surface area contributed by atoms with Crippen molar-refractivity contribution >= 4 is 35.9 Å². The molecule has 2 rings (SSSR count). The van der Waals surface area contributed by atoms with Crippen LogP contribution in [0.4, 0.5) is 0 Å². The molecule has 0 aliphatic rings. The molecule has 5 heteroatoms. The SMILES string of the molecule is I.O=C(O)c1ccccc1.O=C(O)c1ccccc1. The highest BCUT2D eigenvalue weighted by Crippen LogP contribution is 1.96. The van der Waals surface area contributed by atoms with Gasteiger partial charge in [0.05, 0.1) is 11.1 Å². The summed E-state index contributed by atoms with van der Waals surface area (Å²) in [6.45, 7) is 0. The lowest BCUT2D eigenvalue weighted by molar-refractivity contribution is 0.0686. The molecule has 2 N–H and O–H groups in total. The lowest BCUT2D eigenvalue weighted by Gasteiger charge is -1.88. The van der Waals surface area contributed by atoms with Crippen molar-refractivity contribution in [2.45, 2.75) is 0 Å². The number of carbonyl (C=O) groups is 2. The van der Waals surface area contributed by atoms with E-state index >= 15 is 0 Å². The molecule has 0 aliphatic carbocycles. The van der Waals surface area contributed by atoms with Gasteiger partial charge in [-0.1, -0.05) is 36.4 Å². The standard InChI is InChI=1S/2C7H6O2.HI/c2*8-7(9)6-4-2-1-3-5-6;/h2*1-5H,(H,8,9);1H. The van der Waals surface area contributed by atoms with Crippen LogP contribution < -0.4 is 0 Å². The Hall–Kier alpha value is -1.89. The van der Waals surface area contributed by atoms with E-state index in [1.165, 1.54) is 0 Å². The number of halogens is 1. The third-order valence-electron chi connectivity index (χ3n) is 2.04. The van der Waals surface area contributed by atoms with Crippen molar-refractivity contribution in [2.75, 3.05) is 0 Å². The minimum atomic E-state index is -0.879. The second kappa shape index (κ2) is 9.09. The molecule has 0 unspecified atom stereocenters. The molecule has 0 saturated carbocycles. The number of hydrogen-bond donors (Lipinski definition) is 2. The first-order valence-corrected chi connectivity index (χ1v) is 5.18. The first-order valence-electron chi connectivity index (χ1n) is 5.18. The summed E-state index contributed by atoms with van der Waals surface area (Å²) in [5, 5.41) is 16.8. The summed E-state index contributed by atoms with van der Waals surface area (Å²) in [7, 11) is 0. The molecular formula is C14H13IO4. The van der Waals surface area contributed by atoms with E-state index in [0.717, 1.165) is 0 Å². The molecule has 0 aliphatic heterocycles. The van der Waals surface area contributed by atoms with Crippen LogP contribution in [0.2, 0.25) is 0 Å². The molecule has 100 valence electrons. The fourth-order valence-electron chi connectivity index (χ4n) is 1.16. The lowest BCUT2D eigenvalue weighted by atomic mass is 10.2. The Labute approximate surface area is 127 Å². The molecule has 0 spiro atoms. The molecule has 2 aromatic carbocycles. The molecule has 19 heavy (non-hydrogen) atoms. The Kier molecular flexibility index (Phi) is 8.19. The maximum Gasteiger partial charge on any atom is 0.335 e. The molecule has 0 atom stereocenters. The van der Waals surface area contributed by atoms with Crippen LogP contribution in [0.15, 0.2) is 60.7 Å². The van der Waals surface area contributed by atoms with Gasteiger partial charge in [-0.2, -0.15) is 0 Å². The number of aromatic carboxylic acids is 2. The minimum absolute atomic E-state index is 0. The highest BCUT2D eigenvalue weighted by molar-refractivity contribution is 14.0. The third kappa shape index (κ3) is 6.56. The van der Waals surface area contributed by atoms with E-state index in [4.69, 9.17) is 10.2 Å². The van der Waals surface area contributed by atoms with Crippen molar-refractivity contribution in [3.63, 3.8) is 0 Å². The van der Waals surface area contributed by atoms with E-state index in [2.05, 4.69) is 0 Å². The van der Waals surface area contributed by atoms with Crippen LogP contribution in [-0.4, -0.2) is 22.2 Å². The van der Waals surface area contributed by atoms with Crippen molar-refractivity contribution in [3.05, 3.63) is 71.8 Å². The van der Waals surface area contributed by atoms with E-state index in [1.807, 2.05) is 0 Å². The maximum absolute atomic E-state index is 10.2. The Balaban J connectivity index is 0.000000324. The van der Waals surface area contributed by atoms with Gasteiger partial charge < -0.3 is 10.2 Å². The molecule has 2 aromatic rings. The van der Waals surface area contributed by atoms with Gasteiger partial charge in [-0.05, 0) is 24.3 Å². The Morgan fingerprint density at radius 1 is 0.632 bits per heavy atom. The van der Waals surface area contributed by atoms with Crippen LogP contribution in [0.25, 0.3) is 0 Å². The van der Waals surface area contributed by atoms with Gasteiger partial charge >= 0.3 is 11.9 Å². The van der Waals surface area contributed by atoms with Gasteiger partial charge in [-0.15, -0.1) is 24.0 Å². The first kappa shape index (κ1) is 17.1. The predicted molar refractivity (Wildman–Crippen MR) is 82.2 cm³/mol. The molecule has 0 heterocycles. The van der Waals surface area contributed by atoms with Crippen molar-refractivity contribution in [1.29, 1.82) is 0 Å². The van der Waals surface area contributed by atoms with Crippen molar-refractivity contribution in [1.82, 2.24) is 0 Å². The predicted octanol–water partition coefficient (Wildman–Crippen LogP) is 3.39. The molecule has 0 aromatic heterocycles. The van der Waals surface area contributed by atoms with E-state index in [9.17, 15) is 9.59 Å². The molecule has 0 saturated heterocycles. The number of carboxylic acid groups (broad SMARTS) is 2. The third-order valence-corrected chi connectivity index (χ3v) is 2.04. The van der Waals surface area contributed by atoms with Gasteiger partial charge in [0.25, 0.3) is 0 Å². The molecule has 0 amide bonds. The van der Waals surface area contributed by atoms with E-state index < -0.39 is 11.9 Å². The average Bonchev–Trinajstić information content (AvgIpc) is 2.41. The van der Waals surface area contributed by atoms with E-state index in [1.54, 1.807) is 60.7 Å². The molecule has 0 fully saturated rings. The van der Waals surface area contributed by atoms with Crippen molar-refractivity contribution < 1.29 is 19.8 Å². The van der Waals surface area contributed by atoms with E-state index in [-0.39, 0.29) is 24.0 Å². The molecule has 0 bridgehead atoms. The lowest BCUT2D eigenvalue weighted by Crippen LogP contribution is -1.93. The van der Waals surface area contributed by atoms with Crippen LogP contribution in [0.5, 0.6) is 0 Å². The Morgan fingerprint density at radius 3 is 1.05 bits per heavy atom. The average molecular weight is 372 g/mol. The highest BCUT2D eigenvalue weighted by Gasteiger charge is 1.97. The summed E-state index contributed by atoms with van der Waals surface area (Å²) in [6, 6.07) is 16.6. The molecule has 0 radical (unpaired) electrons. The number of hydrogen-bond acceptors (Lipinski definition) is 2. The first-order chi connectivity index (χ1) is 8.61. The second-order valence-corrected chi connectivity index (χ2v) is 3.34. The van der Waals surface area contributed by atoms with Crippen LogP contribution in [0.1, 0.15) is 20.7 Å². The smallest absolute Gasteiger partial charge is 0.335 e. The quantitative estimate of drug-likeness (QED) is 0.793. The zero-order valence-electron chi connectivity index (χ0n) is 9.89. The monoisotopic (exact) mass is 372 g/mol. The summed E-state index contributed by atoms with van der Waals surface area (Å²) >= 11 is 0. The van der Waals surface area contributed by atoms with Gasteiger partial charge in [-0.25, -0.2) is 9.59 Å². The van der Waals surface area contributed by atoms with Crippen LogP contribution in [0, 0.1) is 0 Å². The summed E-state index contributed by atoms with van der Waals surface area (Å²) in [5.74, 6) is -1.76. The van der Waals surface area contributed by atoms with Gasteiger partial charge in [0.1, 0.15) is 0 Å². The Bertz CT molecular complexity index is 462. The van der Waals surface area contributed by atoms with Crippen LogP contribution in [0.3, 0.4) is 0 Å². The second-order valence-electron chi connectivity index (χ2n) is 3.34. The van der Waals surface area contributed by atoms with Crippen molar-refractivity contribution in [2.24, 2.45) is 0 Å². The Morgan fingerprint density at radius 2 is 0.895 bits per heavy atom. The van der Waals surface area contributed by atoms with Gasteiger partial charge in [0, 0.05) is 0 Å². The topological polar surface area (TPSA) is 74.6 Å². The zero-order valence-corrected chi connectivity index (χ0v) is 12.2. The van der Waals surface area contributed by atoms with Gasteiger partial charge in [0.2, 0.25) is 0 Å². The fourth-order valence-corrected chi connectivity index (χ4v) is 1.16. The summed E-state index contributed by atoms with van der Waals surface area (Å²) < 4.78 is 0. The highest BCUT2D eigenvalue weighted by atomic mass is 127. The van der Waals surface area contributed by atoms with Crippen LogP contribution in [-0.2, 0) is 0 Å². The minimum Gasteiger partial charge on any atom is -0.478 e. The van der Waals surface area contributed by atoms with Crippen molar-refractivity contribution in [3.8, 4) is 0 Å². The van der Waals surface area contributed by atoms with Gasteiger partial charge in [0.15, 0.2) is 0 Å². The zero-order chi connectivity index (χ0) is 13.4. The number of benzene rings is 2. The largest absolute Gasteiger partial charge is 0.478 e. The normalized spacial score (nSPS) is 8.42. The summed E-state index contributed by atoms with van der Waals surface area (Å²) in [4.78, 5) is 20.4. The number of carboxylic acids is 2. The summed E-state index contributed by atoms with van der Waals surface area (Å²) in [5.41, 5.74) is 0.662. The summed E-state index contributed by atoms with van der Waals surface area (Å²) in [6.07, 6.45) is 0. The van der Waals surface area contributed by atoms with Crippen LogP contribution >= 0.6 is 24.0 Å². The van der Waals surface area contributed by atoms with Gasteiger partial charge in [-0.3, -0.25) is 0 Å². The molecular weight excluding hydrogens is 359 g/mol. The maximum atomic E-state index is 10.2. The van der Waals surface area contributed by atoms with E-state index in [0.29, 0.717) is 11.1 Å². The number of rotatable bonds is 2. The molecule has 4 nitrogen and oxygen atoms in total.